The number of hydrogen-bond donors (Lipinski definition) is 0. The van der Waals surface area contributed by atoms with Crippen LogP contribution in [0.4, 0.5) is 4.39 Å². The van der Waals surface area contributed by atoms with E-state index in [0.29, 0.717) is 12.0 Å². The van der Waals surface area contributed by atoms with Gasteiger partial charge in [-0.25, -0.2) is 4.39 Å². The molecular formula is C14H17FO2. The lowest BCUT2D eigenvalue weighted by Crippen LogP contribution is -2.23. The predicted octanol–water partition coefficient (Wildman–Crippen LogP) is 2.90. The zero-order valence-electron chi connectivity index (χ0n) is 9.82. The van der Waals surface area contributed by atoms with Crippen molar-refractivity contribution in [3.05, 3.63) is 35.6 Å². The Morgan fingerprint density at radius 2 is 2.18 bits per heavy atom. The number of ketones is 1. The smallest absolute Gasteiger partial charge is 0.139 e. The number of hydrogen-bond acceptors (Lipinski definition) is 2. The molecule has 1 aromatic rings. The van der Waals surface area contributed by atoms with E-state index in [-0.39, 0.29) is 24.1 Å². The molecule has 17 heavy (non-hydrogen) atoms. The molecule has 2 rings (SSSR count). The summed E-state index contributed by atoms with van der Waals surface area (Å²) in [6.07, 6.45) is 3.78. The molecule has 0 bridgehead atoms. The Labute approximate surface area is 101 Å². The molecule has 0 amide bonds. The highest BCUT2D eigenvalue weighted by Crippen LogP contribution is 2.17. The summed E-state index contributed by atoms with van der Waals surface area (Å²) in [6, 6.07) is 6.44. The third-order valence-electron chi connectivity index (χ3n) is 3.07. The number of carbonyl (C=O) groups excluding carboxylic acids is 1. The fourth-order valence-electron chi connectivity index (χ4n) is 2.15. The van der Waals surface area contributed by atoms with Gasteiger partial charge in [0.05, 0.1) is 6.10 Å². The van der Waals surface area contributed by atoms with Gasteiger partial charge in [0.2, 0.25) is 0 Å². The van der Waals surface area contributed by atoms with Gasteiger partial charge in [0.1, 0.15) is 11.6 Å². The Balaban J connectivity index is 1.86. The summed E-state index contributed by atoms with van der Waals surface area (Å²) in [4.78, 5) is 11.8. The van der Waals surface area contributed by atoms with Gasteiger partial charge < -0.3 is 4.74 Å². The molecule has 1 saturated heterocycles. The third kappa shape index (κ3) is 3.63. The maximum atomic E-state index is 13.3. The van der Waals surface area contributed by atoms with Gasteiger partial charge in [-0.2, -0.15) is 0 Å². The van der Waals surface area contributed by atoms with Gasteiger partial charge in [0.25, 0.3) is 0 Å². The average molecular weight is 236 g/mol. The zero-order valence-corrected chi connectivity index (χ0v) is 9.82. The van der Waals surface area contributed by atoms with E-state index in [2.05, 4.69) is 0 Å². The highest BCUT2D eigenvalue weighted by atomic mass is 19.1. The maximum Gasteiger partial charge on any atom is 0.139 e. The van der Waals surface area contributed by atoms with Crippen molar-refractivity contribution in [1.82, 2.24) is 0 Å². The second-order valence-corrected chi connectivity index (χ2v) is 4.50. The highest BCUT2D eigenvalue weighted by Gasteiger charge is 2.18. The summed E-state index contributed by atoms with van der Waals surface area (Å²) in [6.45, 7) is 0.748. The highest BCUT2D eigenvalue weighted by molar-refractivity contribution is 5.81. The summed E-state index contributed by atoms with van der Waals surface area (Å²) >= 11 is 0. The zero-order chi connectivity index (χ0) is 12.1. The Bertz CT molecular complexity index is 384. The van der Waals surface area contributed by atoms with Gasteiger partial charge in [0, 0.05) is 19.4 Å². The minimum atomic E-state index is -0.301. The molecule has 0 saturated carbocycles. The largest absolute Gasteiger partial charge is 0.378 e. The summed E-state index contributed by atoms with van der Waals surface area (Å²) in [7, 11) is 0. The van der Waals surface area contributed by atoms with E-state index < -0.39 is 0 Å². The number of halogens is 1. The van der Waals surface area contributed by atoms with Crippen LogP contribution in [0.15, 0.2) is 24.3 Å². The summed E-state index contributed by atoms with van der Waals surface area (Å²) in [5.41, 5.74) is 0.480. The number of rotatable bonds is 4. The molecule has 1 atom stereocenters. The van der Waals surface area contributed by atoms with Crippen LogP contribution in [-0.4, -0.2) is 18.5 Å². The van der Waals surface area contributed by atoms with Crippen molar-refractivity contribution in [3.63, 3.8) is 0 Å². The molecule has 2 nitrogen and oxygen atoms in total. The Morgan fingerprint density at radius 3 is 2.88 bits per heavy atom. The van der Waals surface area contributed by atoms with Crippen molar-refractivity contribution >= 4 is 5.78 Å². The van der Waals surface area contributed by atoms with Crippen LogP contribution in [0.1, 0.15) is 31.2 Å². The van der Waals surface area contributed by atoms with Gasteiger partial charge in [-0.05, 0) is 30.9 Å². The van der Waals surface area contributed by atoms with Gasteiger partial charge in [-0.1, -0.05) is 18.2 Å². The van der Waals surface area contributed by atoms with Crippen LogP contribution in [0.25, 0.3) is 0 Å². The lowest BCUT2D eigenvalue weighted by atomic mass is 10.00. The van der Waals surface area contributed by atoms with Crippen molar-refractivity contribution in [1.29, 1.82) is 0 Å². The molecule has 92 valence electrons. The molecule has 0 spiro atoms. The van der Waals surface area contributed by atoms with Crippen LogP contribution in [0.5, 0.6) is 0 Å². The van der Waals surface area contributed by atoms with Crippen LogP contribution in [0.3, 0.4) is 0 Å². The van der Waals surface area contributed by atoms with Gasteiger partial charge in [0.15, 0.2) is 0 Å². The van der Waals surface area contributed by atoms with Gasteiger partial charge in [-0.3, -0.25) is 4.79 Å². The van der Waals surface area contributed by atoms with Crippen molar-refractivity contribution in [2.75, 3.05) is 6.61 Å². The van der Waals surface area contributed by atoms with Gasteiger partial charge in [-0.15, -0.1) is 0 Å². The monoisotopic (exact) mass is 236 g/mol. The first-order valence-corrected chi connectivity index (χ1v) is 6.12. The normalized spacial score (nSPS) is 20.2. The lowest BCUT2D eigenvalue weighted by Gasteiger charge is -2.21. The molecule has 1 unspecified atom stereocenters. The standard InChI is InChI=1S/C14H17FO2/c15-14-7-2-1-5-11(14)9-12(16)10-13-6-3-4-8-17-13/h1-2,5,7,13H,3-4,6,8-10H2. The first-order chi connectivity index (χ1) is 8.25. The summed E-state index contributed by atoms with van der Waals surface area (Å²) in [5, 5.41) is 0. The number of carbonyl (C=O) groups is 1. The lowest BCUT2D eigenvalue weighted by molar-refractivity contribution is -0.122. The van der Waals surface area contributed by atoms with E-state index in [4.69, 9.17) is 4.74 Å². The van der Waals surface area contributed by atoms with E-state index in [1.807, 2.05) is 0 Å². The quantitative estimate of drug-likeness (QED) is 0.803. The molecule has 1 aliphatic rings. The number of ether oxygens (including phenoxy) is 1. The molecule has 3 heteroatoms. The van der Waals surface area contributed by atoms with Crippen LogP contribution in [0.2, 0.25) is 0 Å². The van der Waals surface area contributed by atoms with Crippen LogP contribution in [0, 0.1) is 5.82 Å². The number of Topliss-reactive ketones (excluding diaryl/α,β-unsaturated/α-hetero) is 1. The fraction of sp³-hybridized carbons (Fsp3) is 0.500. The van der Waals surface area contributed by atoms with Crippen molar-refractivity contribution < 1.29 is 13.9 Å². The SMILES string of the molecule is O=C(Cc1ccccc1F)CC1CCCCO1. The second-order valence-electron chi connectivity index (χ2n) is 4.50. The fourth-order valence-corrected chi connectivity index (χ4v) is 2.15. The second kappa shape index (κ2) is 5.92. The Morgan fingerprint density at radius 1 is 1.35 bits per heavy atom. The first kappa shape index (κ1) is 12.2. The maximum absolute atomic E-state index is 13.3. The van der Waals surface area contributed by atoms with Crippen LogP contribution >= 0.6 is 0 Å². The Kier molecular flexibility index (Phi) is 4.26. The van der Waals surface area contributed by atoms with E-state index in [1.54, 1.807) is 18.2 Å². The van der Waals surface area contributed by atoms with Crippen LogP contribution < -0.4 is 0 Å². The molecule has 1 heterocycles. The van der Waals surface area contributed by atoms with E-state index in [0.717, 1.165) is 25.9 Å². The summed E-state index contributed by atoms with van der Waals surface area (Å²) < 4.78 is 18.8. The molecular weight excluding hydrogens is 219 g/mol. The average Bonchev–Trinajstić information content (AvgIpc) is 2.33. The van der Waals surface area contributed by atoms with Gasteiger partial charge >= 0.3 is 0 Å². The number of benzene rings is 1. The Hall–Kier alpha value is -1.22. The van der Waals surface area contributed by atoms with E-state index in [1.165, 1.54) is 6.07 Å². The first-order valence-electron chi connectivity index (χ1n) is 6.12. The topological polar surface area (TPSA) is 26.3 Å². The summed E-state index contributed by atoms with van der Waals surface area (Å²) in [5.74, 6) is -0.243. The molecule has 0 aliphatic carbocycles. The van der Waals surface area contributed by atoms with Crippen molar-refractivity contribution in [3.8, 4) is 0 Å². The van der Waals surface area contributed by atoms with Crippen molar-refractivity contribution in [2.45, 2.75) is 38.2 Å². The molecule has 0 aromatic heterocycles. The predicted molar refractivity (Wildman–Crippen MR) is 63.3 cm³/mol. The van der Waals surface area contributed by atoms with E-state index >= 15 is 0 Å². The molecule has 1 fully saturated rings. The van der Waals surface area contributed by atoms with E-state index in [9.17, 15) is 9.18 Å². The minimum absolute atomic E-state index is 0.0445. The molecule has 0 radical (unpaired) electrons. The van der Waals surface area contributed by atoms with Crippen LogP contribution in [-0.2, 0) is 16.0 Å². The van der Waals surface area contributed by atoms with Crippen molar-refractivity contribution in [2.24, 2.45) is 0 Å². The molecule has 0 N–H and O–H groups in total. The molecule has 1 aliphatic heterocycles. The minimum Gasteiger partial charge on any atom is -0.378 e. The third-order valence-corrected chi connectivity index (χ3v) is 3.07. The molecule has 1 aromatic carbocycles.